The summed E-state index contributed by atoms with van der Waals surface area (Å²) in [7, 11) is 0. The first-order valence-electron chi connectivity index (χ1n) is 8.43. The molecule has 19 heavy (non-hydrogen) atoms. The summed E-state index contributed by atoms with van der Waals surface area (Å²) in [5.41, 5.74) is 0.293. The van der Waals surface area contributed by atoms with E-state index in [9.17, 15) is 9.90 Å². The van der Waals surface area contributed by atoms with Gasteiger partial charge in [-0.2, -0.15) is 0 Å². The minimum absolute atomic E-state index is 0.0435. The Balaban J connectivity index is 1.51. The van der Waals surface area contributed by atoms with Gasteiger partial charge in [-0.25, -0.2) is 0 Å². The fourth-order valence-corrected chi connectivity index (χ4v) is 8.63. The molecule has 8 saturated carbocycles. The molecule has 8 fully saturated rings. The molecule has 0 aromatic rings. The second-order valence-corrected chi connectivity index (χ2v) is 8.79. The van der Waals surface area contributed by atoms with E-state index in [1.165, 1.54) is 32.1 Å². The molecule has 2 heteroatoms. The predicted octanol–water partition coefficient (Wildman–Crippen LogP) is 3.03. The Labute approximate surface area is 113 Å². The second kappa shape index (κ2) is 2.76. The molecule has 0 saturated heterocycles. The Morgan fingerprint density at radius 1 is 0.895 bits per heavy atom. The lowest BCUT2D eigenvalue weighted by atomic mass is 9.32. The zero-order valence-electron chi connectivity index (χ0n) is 11.3. The standard InChI is InChI=1S/C17H22O2/c18-16(19)14-6-17(14)8-4-10-9-1-7-2-12(10)15(17)13(3-7)11(9)5-8/h7-15H,1-6H2,(H,18,19). The molecular weight excluding hydrogens is 236 g/mol. The maximum absolute atomic E-state index is 11.6. The first-order valence-corrected chi connectivity index (χ1v) is 8.43. The quantitative estimate of drug-likeness (QED) is 0.785. The molecule has 0 aromatic carbocycles. The monoisotopic (exact) mass is 258 g/mol. The van der Waals surface area contributed by atoms with Crippen LogP contribution in [-0.4, -0.2) is 11.1 Å². The average molecular weight is 258 g/mol. The number of hydrogen-bond acceptors (Lipinski definition) is 1. The van der Waals surface area contributed by atoms with Crippen molar-refractivity contribution in [3.63, 3.8) is 0 Å². The number of hydrogen-bond donors (Lipinski definition) is 1. The van der Waals surface area contributed by atoms with Crippen molar-refractivity contribution >= 4 is 5.97 Å². The van der Waals surface area contributed by atoms with Crippen LogP contribution in [0.25, 0.3) is 0 Å². The Morgan fingerprint density at radius 2 is 1.47 bits per heavy atom. The SMILES string of the molecule is O=C(O)C1CC12C1CC3C4CC5CC3C2C(C5)C4C1. The van der Waals surface area contributed by atoms with Crippen molar-refractivity contribution in [3.05, 3.63) is 0 Å². The van der Waals surface area contributed by atoms with E-state index in [1.54, 1.807) is 0 Å². The van der Waals surface area contributed by atoms with Crippen LogP contribution in [0.15, 0.2) is 0 Å². The molecule has 8 aliphatic rings. The number of rotatable bonds is 1. The molecule has 0 radical (unpaired) electrons. The summed E-state index contributed by atoms with van der Waals surface area (Å²) < 4.78 is 0. The van der Waals surface area contributed by atoms with Gasteiger partial charge in [0.1, 0.15) is 0 Å². The van der Waals surface area contributed by atoms with Crippen molar-refractivity contribution in [2.45, 2.75) is 38.5 Å². The molecule has 1 N–H and O–H groups in total. The summed E-state index contributed by atoms with van der Waals surface area (Å²) in [6.07, 6.45) is 8.33. The molecular formula is C17H22O2. The Kier molecular flexibility index (Phi) is 1.48. The third kappa shape index (κ3) is 0.892. The Morgan fingerprint density at radius 3 is 2.05 bits per heavy atom. The molecule has 8 bridgehead atoms. The Bertz CT molecular complexity index is 475. The maximum Gasteiger partial charge on any atom is 0.307 e. The summed E-state index contributed by atoms with van der Waals surface area (Å²) in [5, 5.41) is 9.53. The van der Waals surface area contributed by atoms with E-state index in [4.69, 9.17) is 0 Å². The van der Waals surface area contributed by atoms with Crippen LogP contribution in [0.3, 0.4) is 0 Å². The molecule has 6 unspecified atom stereocenters. The topological polar surface area (TPSA) is 37.3 Å². The number of aliphatic carboxylic acids is 1. The highest BCUT2D eigenvalue weighted by Gasteiger charge is 2.78. The first-order chi connectivity index (χ1) is 9.20. The third-order valence-electron chi connectivity index (χ3n) is 8.78. The van der Waals surface area contributed by atoms with Crippen LogP contribution in [-0.2, 0) is 4.79 Å². The van der Waals surface area contributed by atoms with Gasteiger partial charge in [0.15, 0.2) is 0 Å². The summed E-state index contributed by atoms with van der Waals surface area (Å²) in [5.74, 6) is 7.21. The van der Waals surface area contributed by atoms with Gasteiger partial charge in [-0.1, -0.05) is 0 Å². The lowest BCUT2D eigenvalue weighted by Crippen LogP contribution is -2.66. The highest BCUT2D eigenvalue weighted by molar-refractivity contribution is 5.75. The van der Waals surface area contributed by atoms with Crippen molar-refractivity contribution in [1.29, 1.82) is 0 Å². The van der Waals surface area contributed by atoms with Crippen LogP contribution in [0.5, 0.6) is 0 Å². The fourth-order valence-electron chi connectivity index (χ4n) is 8.63. The van der Waals surface area contributed by atoms with Gasteiger partial charge in [-0.15, -0.1) is 0 Å². The highest BCUT2D eigenvalue weighted by Crippen LogP contribution is 2.82. The highest BCUT2D eigenvalue weighted by atomic mass is 16.4. The zero-order valence-corrected chi connectivity index (χ0v) is 11.3. The van der Waals surface area contributed by atoms with E-state index in [2.05, 4.69) is 0 Å². The minimum Gasteiger partial charge on any atom is -0.481 e. The Hall–Kier alpha value is -0.530. The van der Waals surface area contributed by atoms with Crippen LogP contribution in [0.2, 0.25) is 0 Å². The zero-order chi connectivity index (χ0) is 12.5. The van der Waals surface area contributed by atoms with Gasteiger partial charge in [0.2, 0.25) is 0 Å². The van der Waals surface area contributed by atoms with E-state index >= 15 is 0 Å². The largest absolute Gasteiger partial charge is 0.481 e. The van der Waals surface area contributed by atoms with Gasteiger partial charge in [0.25, 0.3) is 0 Å². The predicted molar refractivity (Wildman–Crippen MR) is 69.2 cm³/mol. The molecule has 1 spiro atoms. The second-order valence-electron chi connectivity index (χ2n) is 8.79. The maximum atomic E-state index is 11.6. The van der Waals surface area contributed by atoms with E-state index in [0.29, 0.717) is 5.41 Å². The summed E-state index contributed by atoms with van der Waals surface area (Å²) >= 11 is 0. The number of carboxylic acids is 1. The van der Waals surface area contributed by atoms with E-state index in [0.717, 1.165) is 53.8 Å². The van der Waals surface area contributed by atoms with Crippen LogP contribution in [0.4, 0.5) is 0 Å². The third-order valence-corrected chi connectivity index (χ3v) is 8.78. The van der Waals surface area contributed by atoms with Gasteiger partial charge in [0, 0.05) is 0 Å². The smallest absolute Gasteiger partial charge is 0.307 e. The molecule has 102 valence electrons. The van der Waals surface area contributed by atoms with Crippen molar-refractivity contribution in [1.82, 2.24) is 0 Å². The van der Waals surface area contributed by atoms with Gasteiger partial charge in [-0.3, -0.25) is 4.79 Å². The summed E-state index contributed by atoms with van der Waals surface area (Å²) in [6, 6.07) is 0. The van der Waals surface area contributed by atoms with Crippen LogP contribution in [0, 0.1) is 58.7 Å². The molecule has 0 heterocycles. The van der Waals surface area contributed by atoms with Gasteiger partial charge < -0.3 is 5.11 Å². The minimum atomic E-state index is -0.476. The lowest BCUT2D eigenvalue weighted by molar-refractivity contribution is -0.242. The normalized spacial score (nSPS) is 70.0. The molecule has 2 nitrogen and oxygen atoms in total. The number of carboxylic acid groups (broad SMARTS) is 1. The van der Waals surface area contributed by atoms with Gasteiger partial charge >= 0.3 is 5.97 Å². The van der Waals surface area contributed by atoms with E-state index in [1.807, 2.05) is 0 Å². The van der Waals surface area contributed by atoms with E-state index in [-0.39, 0.29) is 5.92 Å². The summed E-state index contributed by atoms with van der Waals surface area (Å²) in [4.78, 5) is 11.6. The van der Waals surface area contributed by atoms with E-state index < -0.39 is 5.97 Å². The molecule has 8 rings (SSSR count). The molecule has 8 aliphatic carbocycles. The molecule has 0 amide bonds. The van der Waals surface area contributed by atoms with Gasteiger partial charge in [0.05, 0.1) is 5.92 Å². The van der Waals surface area contributed by atoms with Crippen molar-refractivity contribution in [2.24, 2.45) is 58.7 Å². The molecule has 0 aromatic heterocycles. The first kappa shape index (κ1) is 10.2. The van der Waals surface area contributed by atoms with Crippen molar-refractivity contribution < 1.29 is 9.90 Å². The average Bonchev–Trinajstić information content (AvgIpc) is 3.12. The van der Waals surface area contributed by atoms with Gasteiger partial charge in [-0.05, 0) is 91.3 Å². The van der Waals surface area contributed by atoms with Crippen LogP contribution < -0.4 is 0 Å². The lowest BCUT2D eigenvalue weighted by Gasteiger charge is -2.72. The fraction of sp³-hybridized carbons (Fsp3) is 0.941. The van der Waals surface area contributed by atoms with Crippen LogP contribution >= 0.6 is 0 Å². The summed E-state index contributed by atoms with van der Waals surface area (Å²) in [6.45, 7) is 0. The van der Waals surface area contributed by atoms with Crippen LogP contribution in [0.1, 0.15) is 38.5 Å². The number of carbonyl (C=O) groups is 1. The molecule has 0 aliphatic heterocycles. The van der Waals surface area contributed by atoms with Crippen molar-refractivity contribution in [2.75, 3.05) is 0 Å². The molecule has 6 atom stereocenters. The van der Waals surface area contributed by atoms with Crippen molar-refractivity contribution in [3.8, 4) is 0 Å².